The van der Waals surface area contributed by atoms with Crippen molar-refractivity contribution in [3.05, 3.63) is 0 Å². The first-order valence-electron chi connectivity index (χ1n) is 5.53. The summed E-state index contributed by atoms with van der Waals surface area (Å²) >= 11 is 0. The van der Waals surface area contributed by atoms with Crippen LogP contribution in [0, 0.1) is 5.41 Å². The highest BCUT2D eigenvalue weighted by Gasteiger charge is 2.15. The van der Waals surface area contributed by atoms with Crippen LogP contribution >= 0.6 is 0 Å². The first-order chi connectivity index (χ1) is 6.93. The number of hydrogen-bond acceptors (Lipinski definition) is 2. The molecule has 0 aromatic heterocycles. The molecule has 90 valence electrons. The van der Waals surface area contributed by atoms with E-state index >= 15 is 0 Å². The van der Waals surface area contributed by atoms with E-state index in [2.05, 4.69) is 5.32 Å². The van der Waals surface area contributed by atoms with Crippen molar-refractivity contribution in [2.24, 2.45) is 5.41 Å². The van der Waals surface area contributed by atoms with Crippen molar-refractivity contribution in [3.8, 4) is 0 Å². The Balaban J connectivity index is 3.59. The lowest BCUT2D eigenvalue weighted by molar-refractivity contribution is 0.147. The van der Waals surface area contributed by atoms with Crippen LogP contribution in [0.5, 0.6) is 0 Å². The lowest BCUT2D eigenvalue weighted by atomic mass is 9.89. The van der Waals surface area contributed by atoms with Gasteiger partial charge in [-0.1, -0.05) is 13.8 Å². The molecule has 15 heavy (non-hydrogen) atoms. The molecule has 0 saturated heterocycles. The summed E-state index contributed by atoms with van der Waals surface area (Å²) in [5.74, 6) is 0. The molecule has 0 rings (SSSR count). The standard InChI is InChI=1S/C11H24N2O2/c1-5-13(4)10(15)12-8-6-7-11(2,3)9-14/h14H,5-9H2,1-4H3,(H,12,15). The van der Waals surface area contributed by atoms with Gasteiger partial charge in [0.25, 0.3) is 0 Å². The van der Waals surface area contributed by atoms with E-state index in [1.807, 2.05) is 20.8 Å². The van der Waals surface area contributed by atoms with E-state index in [-0.39, 0.29) is 18.1 Å². The summed E-state index contributed by atoms with van der Waals surface area (Å²) in [7, 11) is 1.77. The van der Waals surface area contributed by atoms with Crippen molar-refractivity contribution >= 4 is 6.03 Å². The van der Waals surface area contributed by atoms with Crippen LogP contribution in [0.3, 0.4) is 0 Å². The number of carbonyl (C=O) groups is 1. The number of amides is 2. The molecule has 2 amide bonds. The molecule has 0 heterocycles. The second-order valence-corrected chi connectivity index (χ2v) is 4.67. The van der Waals surface area contributed by atoms with Crippen LogP contribution in [0.2, 0.25) is 0 Å². The van der Waals surface area contributed by atoms with Crippen molar-refractivity contribution in [1.29, 1.82) is 0 Å². The van der Waals surface area contributed by atoms with E-state index in [4.69, 9.17) is 5.11 Å². The lowest BCUT2D eigenvalue weighted by Crippen LogP contribution is -2.37. The topological polar surface area (TPSA) is 52.6 Å². The van der Waals surface area contributed by atoms with E-state index in [1.165, 1.54) is 0 Å². The first-order valence-corrected chi connectivity index (χ1v) is 5.53. The van der Waals surface area contributed by atoms with E-state index < -0.39 is 0 Å². The summed E-state index contributed by atoms with van der Waals surface area (Å²) in [5.41, 5.74) is -0.0403. The van der Waals surface area contributed by atoms with Crippen molar-refractivity contribution in [2.45, 2.75) is 33.6 Å². The molecule has 0 aliphatic rings. The molecule has 0 saturated carbocycles. The Morgan fingerprint density at radius 1 is 1.47 bits per heavy atom. The molecular weight excluding hydrogens is 192 g/mol. The summed E-state index contributed by atoms with van der Waals surface area (Å²) in [6, 6.07) is -0.0284. The number of nitrogens with one attached hydrogen (secondary N) is 1. The van der Waals surface area contributed by atoms with Gasteiger partial charge in [0.05, 0.1) is 0 Å². The van der Waals surface area contributed by atoms with E-state index in [0.717, 1.165) is 12.8 Å². The number of nitrogens with zero attached hydrogens (tertiary/aromatic N) is 1. The SMILES string of the molecule is CCN(C)C(=O)NCCCC(C)(C)CO. The Hall–Kier alpha value is -0.770. The maximum Gasteiger partial charge on any atom is 0.317 e. The number of hydrogen-bond donors (Lipinski definition) is 2. The van der Waals surface area contributed by atoms with Gasteiger partial charge in [0.1, 0.15) is 0 Å². The second kappa shape index (κ2) is 6.67. The predicted molar refractivity (Wildman–Crippen MR) is 61.8 cm³/mol. The Morgan fingerprint density at radius 3 is 2.53 bits per heavy atom. The van der Waals surface area contributed by atoms with Gasteiger partial charge in [-0.2, -0.15) is 0 Å². The molecule has 0 unspecified atom stereocenters. The summed E-state index contributed by atoms with van der Waals surface area (Å²) in [6.45, 7) is 7.56. The van der Waals surface area contributed by atoms with Crippen LogP contribution in [0.15, 0.2) is 0 Å². The fourth-order valence-electron chi connectivity index (χ4n) is 1.12. The van der Waals surface area contributed by atoms with Crippen LogP contribution in [0.25, 0.3) is 0 Å². The van der Waals surface area contributed by atoms with Crippen LogP contribution in [0.1, 0.15) is 33.6 Å². The summed E-state index contributed by atoms with van der Waals surface area (Å²) < 4.78 is 0. The second-order valence-electron chi connectivity index (χ2n) is 4.67. The van der Waals surface area contributed by atoms with Crippen LogP contribution in [-0.2, 0) is 0 Å². The third-order valence-electron chi connectivity index (χ3n) is 2.56. The summed E-state index contributed by atoms with van der Waals surface area (Å²) in [5, 5.41) is 11.9. The lowest BCUT2D eigenvalue weighted by Gasteiger charge is -2.21. The maximum atomic E-state index is 11.3. The van der Waals surface area contributed by atoms with Crippen molar-refractivity contribution < 1.29 is 9.90 Å². The number of aliphatic hydroxyl groups is 1. The van der Waals surface area contributed by atoms with Gasteiger partial charge in [-0.3, -0.25) is 0 Å². The van der Waals surface area contributed by atoms with Crippen LogP contribution in [0.4, 0.5) is 4.79 Å². The maximum absolute atomic E-state index is 11.3. The minimum Gasteiger partial charge on any atom is -0.396 e. The Labute approximate surface area is 92.7 Å². The molecule has 0 aromatic carbocycles. The molecule has 0 radical (unpaired) electrons. The van der Waals surface area contributed by atoms with Gasteiger partial charge < -0.3 is 15.3 Å². The third-order valence-corrected chi connectivity index (χ3v) is 2.56. The number of urea groups is 1. The predicted octanol–water partition coefficient (Wildman–Crippen LogP) is 1.45. The zero-order valence-electron chi connectivity index (χ0n) is 10.3. The fourth-order valence-corrected chi connectivity index (χ4v) is 1.12. The van der Waals surface area contributed by atoms with Crippen LogP contribution in [-0.4, -0.2) is 42.8 Å². The number of carbonyl (C=O) groups excluding carboxylic acids is 1. The fraction of sp³-hybridized carbons (Fsp3) is 0.909. The van der Waals surface area contributed by atoms with E-state index in [9.17, 15) is 4.79 Å². The Morgan fingerprint density at radius 2 is 2.07 bits per heavy atom. The highest BCUT2D eigenvalue weighted by molar-refractivity contribution is 5.73. The van der Waals surface area contributed by atoms with Crippen molar-refractivity contribution in [2.75, 3.05) is 26.7 Å². The molecule has 0 aliphatic heterocycles. The van der Waals surface area contributed by atoms with Gasteiger partial charge in [0, 0.05) is 26.7 Å². The highest BCUT2D eigenvalue weighted by atomic mass is 16.3. The van der Waals surface area contributed by atoms with Gasteiger partial charge >= 0.3 is 6.03 Å². The molecule has 0 aliphatic carbocycles. The number of aliphatic hydroxyl groups excluding tert-OH is 1. The van der Waals surface area contributed by atoms with Crippen LogP contribution < -0.4 is 5.32 Å². The highest BCUT2D eigenvalue weighted by Crippen LogP contribution is 2.20. The van der Waals surface area contributed by atoms with Gasteiger partial charge in [0.2, 0.25) is 0 Å². The molecule has 4 nitrogen and oxygen atoms in total. The van der Waals surface area contributed by atoms with Gasteiger partial charge in [-0.25, -0.2) is 4.79 Å². The molecule has 0 aromatic rings. The molecule has 0 fully saturated rings. The van der Waals surface area contributed by atoms with E-state index in [0.29, 0.717) is 13.1 Å². The minimum atomic E-state index is -0.0403. The zero-order chi connectivity index (χ0) is 11.9. The Kier molecular flexibility index (Phi) is 6.32. The van der Waals surface area contributed by atoms with Crippen molar-refractivity contribution in [3.63, 3.8) is 0 Å². The summed E-state index contributed by atoms with van der Waals surface area (Å²) in [4.78, 5) is 13.0. The largest absolute Gasteiger partial charge is 0.396 e. The molecule has 4 heteroatoms. The van der Waals surface area contributed by atoms with Gasteiger partial charge in [0.15, 0.2) is 0 Å². The zero-order valence-corrected chi connectivity index (χ0v) is 10.3. The average molecular weight is 216 g/mol. The van der Waals surface area contributed by atoms with Gasteiger partial charge in [-0.05, 0) is 25.2 Å². The molecule has 0 spiro atoms. The molecule has 2 N–H and O–H groups in total. The Bertz CT molecular complexity index is 193. The van der Waals surface area contributed by atoms with E-state index in [1.54, 1.807) is 11.9 Å². The normalized spacial score (nSPS) is 11.3. The average Bonchev–Trinajstić information content (AvgIpc) is 2.22. The smallest absolute Gasteiger partial charge is 0.317 e. The summed E-state index contributed by atoms with van der Waals surface area (Å²) in [6.07, 6.45) is 1.82. The minimum absolute atomic E-state index is 0.0284. The molecule has 0 atom stereocenters. The third kappa shape index (κ3) is 6.33. The van der Waals surface area contributed by atoms with Gasteiger partial charge in [-0.15, -0.1) is 0 Å². The molecule has 0 bridgehead atoms. The monoisotopic (exact) mass is 216 g/mol. The molecular formula is C11H24N2O2. The van der Waals surface area contributed by atoms with Crippen molar-refractivity contribution in [1.82, 2.24) is 10.2 Å². The quantitative estimate of drug-likeness (QED) is 0.660. The first kappa shape index (κ1) is 14.2. The number of rotatable bonds is 6.